The zero-order chi connectivity index (χ0) is 23.8. The van der Waals surface area contributed by atoms with Crippen LogP contribution in [-0.2, 0) is 11.2 Å². The Hall–Kier alpha value is -2.64. The summed E-state index contributed by atoms with van der Waals surface area (Å²) in [5.74, 6) is 0.129. The van der Waals surface area contributed by atoms with E-state index >= 15 is 0 Å². The Labute approximate surface area is 201 Å². The minimum absolute atomic E-state index is 0.129. The topological polar surface area (TPSA) is 77.6 Å². The first-order valence-corrected chi connectivity index (χ1v) is 12.0. The highest BCUT2D eigenvalue weighted by Gasteiger charge is 2.27. The number of benzene rings is 1. The molecule has 1 fully saturated rings. The van der Waals surface area contributed by atoms with Gasteiger partial charge in [0.05, 0.1) is 6.42 Å². The van der Waals surface area contributed by atoms with Gasteiger partial charge in [0, 0.05) is 60.9 Å². The molecule has 0 unspecified atom stereocenters. The number of amides is 3. The number of pyridine rings is 1. The summed E-state index contributed by atoms with van der Waals surface area (Å²) in [5, 5.41) is 6.43. The summed E-state index contributed by atoms with van der Waals surface area (Å²) in [6.45, 7) is 9.72. The fraction of sp³-hybridized carbons (Fsp3) is 0.480. The molecule has 0 saturated carbocycles. The van der Waals surface area contributed by atoms with Gasteiger partial charge in [-0.15, -0.1) is 0 Å². The van der Waals surface area contributed by atoms with Gasteiger partial charge in [-0.1, -0.05) is 29.8 Å². The molecule has 178 valence electrons. The Kier molecular flexibility index (Phi) is 9.09. The largest absolute Gasteiger partial charge is 0.340 e. The molecule has 0 aliphatic carbocycles. The van der Waals surface area contributed by atoms with E-state index in [1.54, 1.807) is 0 Å². The standard InChI is InChI=1S/C25H34ClN5O2/c1-4-31(24(32)17-20-7-5-6-8-23(20)26)22-9-12-30(13-10-22)14-11-27-25(33)29-21-15-18(2)28-19(3)16-21/h5-8,15-16,22H,4,9-14,17H2,1-3H3,(H2,27,28,29,33). The maximum Gasteiger partial charge on any atom is 0.319 e. The summed E-state index contributed by atoms with van der Waals surface area (Å²) in [4.78, 5) is 33.7. The highest BCUT2D eigenvalue weighted by molar-refractivity contribution is 6.31. The predicted molar refractivity (Wildman–Crippen MR) is 133 cm³/mol. The van der Waals surface area contributed by atoms with Gasteiger partial charge in [0.2, 0.25) is 5.91 Å². The lowest BCUT2D eigenvalue weighted by atomic mass is 10.0. The number of aryl methyl sites for hydroxylation is 2. The third-order valence-electron chi connectivity index (χ3n) is 6.01. The van der Waals surface area contributed by atoms with Crippen LogP contribution in [0.1, 0.15) is 36.7 Å². The molecule has 2 heterocycles. The van der Waals surface area contributed by atoms with Crippen LogP contribution in [0.25, 0.3) is 0 Å². The Morgan fingerprint density at radius 1 is 1.15 bits per heavy atom. The molecule has 1 aliphatic heterocycles. The molecular formula is C25H34ClN5O2. The van der Waals surface area contributed by atoms with Crippen molar-refractivity contribution in [3.05, 3.63) is 58.4 Å². The number of halogens is 1. The number of likely N-dealkylation sites (tertiary alicyclic amines) is 1. The zero-order valence-electron chi connectivity index (χ0n) is 19.7. The lowest BCUT2D eigenvalue weighted by molar-refractivity contribution is -0.133. The summed E-state index contributed by atoms with van der Waals surface area (Å²) in [6, 6.07) is 11.3. The number of nitrogens with one attached hydrogen (secondary N) is 2. The molecular weight excluding hydrogens is 438 g/mol. The van der Waals surface area contributed by atoms with E-state index in [1.807, 2.05) is 62.1 Å². The quantitative estimate of drug-likeness (QED) is 0.609. The van der Waals surface area contributed by atoms with Crippen LogP contribution in [0, 0.1) is 13.8 Å². The third-order valence-corrected chi connectivity index (χ3v) is 6.38. The second-order valence-corrected chi connectivity index (χ2v) is 8.95. The number of hydrogen-bond donors (Lipinski definition) is 2. The van der Waals surface area contributed by atoms with Gasteiger partial charge in [-0.3, -0.25) is 9.78 Å². The van der Waals surface area contributed by atoms with Crippen molar-refractivity contribution < 1.29 is 9.59 Å². The third kappa shape index (κ3) is 7.44. The molecule has 3 amide bonds. The number of rotatable bonds is 8. The van der Waals surface area contributed by atoms with Crippen molar-refractivity contribution in [1.29, 1.82) is 0 Å². The first kappa shape index (κ1) is 25.0. The number of aromatic nitrogens is 1. The van der Waals surface area contributed by atoms with Crippen LogP contribution >= 0.6 is 11.6 Å². The van der Waals surface area contributed by atoms with Crippen LogP contribution in [-0.4, -0.2) is 65.5 Å². The van der Waals surface area contributed by atoms with Crippen LogP contribution in [0.2, 0.25) is 5.02 Å². The molecule has 0 radical (unpaired) electrons. The van der Waals surface area contributed by atoms with E-state index in [0.29, 0.717) is 24.5 Å². The van der Waals surface area contributed by atoms with Gasteiger partial charge >= 0.3 is 6.03 Å². The van der Waals surface area contributed by atoms with Crippen molar-refractivity contribution >= 4 is 29.2 Å². The van der Waals surface area contributed by atoms with Gasteiger partial charge in [-0.2, -0.15) is 0 Å². The van der Waals surface area contributed by atoms with Gasteiger partial charge in [-0.25, -0.2) is 4.79 Å². The van der Waals surface area contributed by atoms with Crippen LogP contribution < -0.4 is 10.6 Å². The minimum atomic E-state index is -0.211. The highest BCUT2D eigenvalue weighted by Crippen LogP contribution is 2.20. The van der Waals surface area contributed by atoms with Crippen molar-refractivity contribution in [2.24, 2.45) is 0 Å². The van der Waals surface area contributed by atoms with Crippen LogP contribution in [0.4, 0.5) is 10.5 Å². The van der Waals surface area contributed by atoms with E-state index in [1.165, 1.54) is 0 Å². The molecule has 2 aromatic rings. The van der Waals surface area contributed by atoms with E-state index in [4.69, 9.17) is 11.6 Å². The number of carbonyl (C=O) groups excluding carboxylic acids is 2. The number of nitrogens with zero attached hydrogens (tertiary/aromatic N) is 3. The fourth-order valence-electron chi connectivity index (χ4n) is 4.41. The van der Waals surface area contributed by atoms with Gasteiger partial charge in [0.1, 0.15) is 0 Å². The van der Waals surface area contributed by atoms with E-state index in [-0.39, 0.29) is 18.0 Å². The second kappa shape index (κ2) is 12.0. The average molecular weight is 472 g/mol. The monoisotopic (exact) mass is 471 g/mol. The summed E-state index contributed by atoms with van der Waals surface area (Å²) in [5.41, 5.74) is 3.38. The predicted octanol–water partition coefficient (Wildman–Crippen LogP) is 4.03. The van der Waals surface area contributed by atoms with Gasteiger partial charge in [0.15, 0.2) is 0 Å². The molecule has 8 heteroatoms. The number of hydrogen-bond acceptors (Lipinski definition) is 4. The Morgan fingerprint density at radius 2 is 1.82 bits per heavy atom. The fourth-order valence-corrected chi connectivity index (χ4v) is 4.61. The molecule has 2 N–H and O–H groups in total. The number of anilines is 1. The SMILES string of the molecule is CCN(C(=O)Cc1ccccc1Cl)C1CCN(CCNC(=O)Nc2cc(C)nc(C)c2)CC1. The lowest BCUT2D eigenvalue weighted by Gasteiger charge is -2.38. The van der Waals surface area contributed by atoms with E-state index in [2.05, 4.69) is 20.5 Å². The molecule has 0 spiro atoms. The van der Waals surface area contributed by atoms with Crippen LogP contribution in [0.5, 0.6) is 0 Å². The zero-order valence-corrected chi connectivity index (χ0v) is 20.5. The van der Waals surface area contributed by atoms with Gasteiger partial charge < -0.3 is 20.4 Å². The summed E-state index contributed by atoms with van der Waals surface area (Å²) < 4.78 is 0. The highest BCUT2D eigenvalue weighted by atomic mass is 35.5. The molecule has 1 aromatic carbocycles. The smallest absolute Gasteiger partial charge is 0.319 e. The molecule has 0 atom stereocenters. The van der Waals surface area contributed by atoms with Crippen LogP contribution in [0.15, 0.2) is 36.4 Å². The van der Waals surface area contributed by atoms with Crippen molar-refractivity contribution in [2.45, 2.75) is 46.1 Å². The molecule has 1 aromatic heterocycles. The van der Waals surface area contributed by atoms with Crippen LogP contribution in [0.3, 0.4) is 0 Å². The number of likely N-dealkylation sites (N-methyl/N-ethyl adjacent to an activating group) is 1. The summed E-state index contributed by atoms with van der Waals surface area (Å²) in [6.07, 6.45) is 2.21. The second-order valence-electron chi connectivity index (χ2n) is 8.54. The van der Waals surface area contributed by atoms with Gasteiger partial charge in [-0.05, 0) is 57.4 Å². The first-order valence-electron chi connectivity index (χ1n) is 11.6. The lowest BCUT2D eigenvalue weighted by Crippen LogP contribution is -2.49. The maximum absolute atomic E-state index is 12.9. The average Bonchev–Trinajstić information content (AvgIpc) is 2.76. The number of piperidine rings is 1. The van der Waals surface area contributed by atoms with E-state index in [0.717, 1.165) is 55.1 Å². The first-order chi connectivity index (χ1) is 15.9. The summed E-state index contributed by atoms with van der Waals surface area (Å²) in [7, 11) is 0. The molecule has 0 bridgehead atoms. The summed E-state index contributed by atoms with van der Waals surface area (Å²) >= 11 is 6.24. The number of urea groups is 1. The number of carbonyl (C=O) groups is 2. The van der Waals surface area contributed by atoms with Crippen molar-refractivity contribution in [3.63, 3.8) is 0 Å². The van der Waals surface area contributed by atoms with Crippen molar-refractivity contribution in [2.75, 3.05) is 38.0 Å². The molecule has 1 saturated heterocycles. The van der Waals surface area contributed by atoms with Crippen molar-refractivity contribution in [1.82, 2.24) is 20.1 Å². The Morgan fingerprint density at radius 3 is 2.45 bits per heavy atom. The normalized spacial score (nSPS) is 14.7. The van der Waals surface area contributed by atoms with E-state index in [9.17, 15) is 9.59 Å². The molecule has 7 nitrogen and oxygen atoms in total. The minimum Gasteiger partial charge on any atom is -0.340 e. The maximum atomic E-state index is 12.9. The van der Waals surface area contributed by atoms with Gasteiger partial charge in [0.25, 0.3) is 0 Å². The van der Waals surface area contributed by atoms with Crippen molar-refractivity contribution in [3.8, 4) is 0 Å². The molecule has 1 aliphatic rings. The Balaban J connectivity index is 1.40. The Bertz CT molecular complexity index is 939. The van der Waals surface area contributed by atoms with E-state index < -0.39 is 0 Å². The molecule has 33 heavy (non-hydrogen) atoms. The molecule has 3 rings (SSSR count).